The maximum atomic E-state index is 12.1. The van der Waals surface area contributed by atoms with Gasteiger partial charge in [-0.15, -0.1) is 0 Å². The minimum atomic E-state index is -0.164. The molecule has 0 bridgehead atoms. The zero-order chi connectivity index (χ0) is 13.0. The smallest absolute Gasteiger partial charge is 0.256 e. The molecule has 1 aromatic heterocycles. The molecule has 92 valence electrons. The van der Waals surface area contributed by atoms with Crippen molar-refractivity contribution in [3.8, 4) is 0 Å². The number of carbonyl (C=O) groups excluding carboxylic acids is 1. The van der Waals surface area contributed by atoms with Gasteiger partial charge in [-0.25, -0.2) is 0 Å². The Labute approximate surface area is 111 Å². The van der Waals surface area contributed by atoms with Gasteiger partial charge in [0.25, 0.3) is 5.91 Å². The highest BCUT2D eigenvalue weighted by atomic mass is 35.5. The monoisotopic (exact) mass is 260 g/mol. The number of carbonyl (C=O) groups is 1. The predicted octanol–water partition coefficient (Wildman–Crippen LogP) is 3.55. The van der Waals surface area contributed by atoms with Crippen LogP contribution in [0.3, 0.4) is 0 Å². The number of pyridine rings is 1. The van der Waals surface area contributed by atoms with Crippen molar-refractivity contribution in [1.82, 2.24) is 4.98 Å². The number of nitrogens with one attached hydrogen (secondary N) is 1. The minimum absolute atomic E-state index is 0.164. The van der Waals surface area contributed by atoms with E-state index in [1.807, 2.05) is 25.1 Å². The lowest BCUT2D eigenvalue weighted by Gasteiger charge is -2.09. The van der Waals surface area contributed by atoms with Crippen LogP contribution in [-0.2, 0) is 6.42 Å². The number of benzene rings is 1. The first-order valence-electron chi connectivity index (χ1n) is 5.71. The summed E-state index contributed by atoms with van der Waals surface area (Å²) in [6, 6.07) is 9.16. The number of rotatable bonds is 3. The molecule has 1 N–H and O–H groups in total. The molecule has 3 nitrogen and oxygen atoms in total. The maximum absolute atomic E-state index is 12.1. The Morgan fingerprint density at radius 2 is 2.11 bits per heavy atom. The third kappa shape index (κ3) is 2.68. The van der Waals surface area contributed by atoms with E-state index in [0.717, 1.165) is 12.0 Å². The van der Waals surface area contributed by atoms with Gasteiger partial charge in [-0.1, -0.05) is 36.7 Å². The summed E-state index contributed by atoms with van der Waals surface area (Å²) in [7, 11) is 0. The second-order valence-corrected chi connectivity index (χ2v) is 4.23. The van der Waals surface area contributed by atoms with E-state index >= 15 is 0 Å². The van der Waals surface area contributed by atoms with Crippen molar-refractivity contribution in [2.75, 3.05) is 5.32 Å². The SMILES string of the molecule is CCc1ccccc1C(=O)Nc1cnccc1Cl. The largest absolute Gasteiger partial charge is 0.319 e. The van der Waals surface area contributed by atoms with E-state index in [2.05, 4.69) is 10.3 Å². The van der Waals surface area contributed by atoms with Crippen LogP contribution in [0.5, 0.6) is 0 Å². The molecular weight excluding hydrogens is 248 g/mol. The van der Waals surface area contributed by atoms with Crippen LogP contribution in [0.4, 0.5) is 5.69 Å². The second-order valence-electron chi connectivity index (χ2n) is 3.82. The van der Waals surface area contributed by atoms with Crippen LogP contribution < -0.4 is 5.32 Å². The van der Waals surface area contributed by atoms with E-state index in [-0.39, 0.29) is 5.91 Å². The van der Waals surface area contributed by atoms with Gasteiger partial charge in [-0.2, -0.15) is 0 Å². The lowest BCUT2D eigenvalue weighted by atomic mass is 10.0. The number of aryl methyl sites for hydroxylation is 1. The Morgan fingerprint density at radius 3 is 2.83 bits per heavy atom. The van der Waals surface area contributed by atoms with Gasteiger partial charge >= 0.3 is 0 Å². The van der Waals surface area contributed by atoms with Crippen molar-refractivity contribution in [1.29, 1.82) is 0 Å². The molecule has 0 radical (unpaired) electrons. The second kappa shape index (κ2) is 5.65. The first kappa shape index (κ1) is 12.6. The summed E-state index contributed by atoms with van der Waals surface area (Å²) < 4.78 is 0. The number of hydrogen-bond donors (Lipinski definition) is 1. The van der Waals surface area contributed by atoms with Crippen LogP contribution in [0.1, 0.15) is 22.8 Å². The van der Waals surface area contributed by atoms with Crippen molar-refractivity contribution < 1.29 is 4.79 Å². The molecule has 1 aromatic carbocycles. The topological polar surface area (TPSA) is 42.0 Å². The van der Waals surface area contributed by atoms with Gasteiger partial charge in [-0.05, 0) is 24.1 Å². The third-order valence-electron chi connectivity index (χ3n) is 2.66. The fourth-order valence-electron chi connectivity index (χ4n) is 1.71. The Bertz CT molecular complexity index is 569. The lowest BCUT2D eigenvalue weighted by molar-refractivity contribution is 0.102. The number of aromatic nitrogens is 1. The molecule has 0 spiro atoms. The Balaban J connectivity index is 2.25. The van der Waals surface area contributed by atoms with E-state index in [1.165, 1.54) is 6.20 Å². The molecule has 0 aliphatic rings. The van der Waals surface area contributed by atoms with Crippen molar-refractivity contribution in [2.45, 2.75) is 13.3 Å². The Kier molecular flexibility index (Phi) is 3.95. The number of halogens is 1. The first-order chi connectivity index (χ1) is 8.72. The number of amides is 1. The van der Waals surface area contributed by atoms with E-state index < -0.39 is 0 Å². The highest BCUT2D eigenvalue weighted by Gasteiger charge is 2.11. The van der Waals surface area contributed by atoms with Crippen molar-refractivity contribution in [3.63, 3.8) is 0 Å². The van der Waals surface area contributed by atoms with Gasteiger partial charge in [0.1, 0.15) is 0 Å². The van der Waals surface area contributed by atoms with Crippen molar-refractivity contribution >= 4 is 23.2 Å². The molecule has 0 aliphatic heterocycles. The molecule has 2 aromatic rings. The number of anilines is 1. The molecule has 0 saturated heterocycles. The third-order valence-corrected chi connectivity index (χ3v) is 2.99. The van der Waals surface area contributed by atoms with Crippen LogP contribution >= 0.6 is 11.6 Å². The molecule has 1 amide bonds. The van der Waals surface area contributed by atoms with Gasteiger partial charge in [0, 0.05) is 11.8 Å². The predicted molar refractivity (Wildman–Crippen MR) is 73.0 cm³/mol. The zero-order valence-electron chi connectivity index (χ0n) is 9.98. The summed E-state index contributed by atoms with van der Waals surface area (Å²) in [6.07, 6.45) is 3.93. The Hall–Kier alpha value is -1.87. The average Bonchev–Trinajstić information content (AvgIpc) is 2.41. The standard InChI is InChI=1S/C14H13ClN2O/c1-2-10-5-3-4-6-11(10)14(18)17-13-9-16-8-7-12(13)15/h3-9H,2H2,1H3,(H,17,18). The fraction of sp³-hybridized carbons (Fsp3) is 0.143. The summed E-state index contributed by atoms with van der Waals surface area (Å²) in [5.74, 6) is -0.164. The van der Waals surface area contributed by atoms with Crippen LogP contribution in [0, 0.1) is 0 Å². The highest BCUT2D eigenvalue weighted by molar-refractivity contribution is 6.33. The van der Waals surface area contributed by atoms with Gasteiger partial charge in [0.15, 0.2) is 0 Å². The van der Waals surface area contributed by atoms with Crippen molar-refractivity contribution in [2.24, 2.45) is 0 Å². The fourth-order valence-corrected chi connectivity index (χ4v) is 1.86. The molecule has 18 heavy (non-hydrogen) atoms. The maximum Gasteiger partial charge on any atom is 0.256 e. The normalized spacial score (nSPS) is 10.1. The van der Waals surface area contributed by atoms with Crippen molar-refractivity contribution in [3.05, 3.63) is 58.9 Å². The van der Waals surface area contributed by atoms with Crippen LogP contribution in [-0.4, -0.2) is 10.9 Å². The van der Waals surface area contributed by atoms with E-state index in [1.54, 1.807) is 18.3 Å². The highest BCUT2D eigenvalue weighted by Crippen LogP contribution is 2.20. The minimum Gasteiger partial charge on any atom is -0.319 e. The van der Waals surface area contributed by atoms with E-state index in [4.69, 9.17) is 11.6 Å². The summed E-state index contributed by atoms with van der Waals surface area (Å²) in [6.45, 7) is 2.02. The molecule has 4 heteroatoms. The molecule has 1 heterocycles. The average molecular weight is 261 g/mol. The first-order valence-corrected chi connectivity index (χ1v) is 6.09. The number of hydrogen-bond acceptors (Lipinski definition) is 2. The van der Waals surface area contributed by atoms with Gasteiger partial charge in [0.05, 0.1) is 16.9 Å². The Morgan fingerprint density at radius 1 is 1.33 bits per heavy atom. The van der Waals surface area contributed by atoms with Crippen LogP contribution in [0.25, 0.3) is 0 Å². The quantitative estimate of drug-likeness (QED) is 0.917. The zero-order valence-corrected chi connectivity index (χ0v) is 10.7. The molecule has 0 saturated carbocycles. The molecule has 0 atom stereocenters. The summed E-state index contributed by atoms with van der Waals surface area (Å²) >= 11 is 5.97. The van der Waals surface area contributed by atoms with Gasteiger partial charge in [0.2, 0.25) is 0 Å². The van der Waals surface area contributed by atoms with Gasteiger partial charge < -0.3 is 5.32 Å². The van der Waals surface area contributed by atoms with Crippen LogP contribution in [0.2, 0.25) is 5.02 Å². The molecule has 0 unspecified atom stereocenters. The lowest BCUT2D eigenvalue weighted by Crippen LogP contribution is -2.14. The molecule has 0 fully saturated rings. The van der Waals surface area contributed by atoms with E-state index in [0.29, 0.717) is 16.3 Å². The molecule has 0 aliphatic carbocycles. The van der Waals surface area contributed by atoms with Gasteiger partial charge in [-0.3, -0.25) is 9.78 Å². The van der Waals surface area contributed by atoms with Crippen LogP contribution in [0.15, 0.2) is 42.7 Å². The molecular formula is C14H13ClN2O. The summed E-state index contributed by atoms with van der Waals surface area (Å²) in [4.78, 5) is 16.1. The number of nitrogens with zero attached hydrogens (tertiary/aromatic N) is 1. The molecule has 2 rings (SSSR count). The summed E-state index contributed by atoms with van der Waals surface area (Å²) in [5, 5.41) is 3.25. The van der Waals surface area contributed by atoms with E-state index in [9.17, 15) is 4.79 Å². The summed E-state index contributed by atoms with van der Waals surface area (Å²) in [5.41, 5.74) is 2.20.